The van der Waals surface area contributed by atoms with Crippen molar-refractivity contribution in [2.45, 2.75) is 45.6 Å². The molecule has 1 heterocycles. The Morgan fingerprint density at radius 2 is 2.08 bits per heavy atom. The Hall–Kier alpha value is -0.110. The van der Waals surface area contributed by atoms with Crippen LogP contribution >= 0.6 is 12.2 Å². The topological polar surface area (TPSA) is 12.0 Å². The van der Waals surface area contributed by atoms with E-state index in [-0.39, 0.29) is 5.54 Å². The standard InChI is InChI=1S/C11H19NS/c1-7-4-5-9-8(6-7)10(13)12-11(9,2)3/h7-9H,4-6H2,1-3H3,(H,12,13)/t7-,8+,9+/m1/s1. The summed E-state index contributed by atoms with van der Waals surface area (Å²) in [6.07, 6.45) is 4.04. The lowest BCUT2D eigenvalue weighted by Gasteiger charge is -2.35. The Morgan fingerprint density at radius 3 is 2.77 bits per heavy atom. The molecule has 2 heteroatoms. The predicted molar refractivity (Wildman–Crippen MR) is 59.8 cm³/mol. The number of thiocarbonyl (C=S) groups is 1. The summed E-state index contributed by atoms with van der Waals surface area (Å²) in [5.41, 5.74) is 0.252. The van der Waals surface area contributed by atoms with E-state index in [1.807, 2.05) is 0 Å². The van der Waals surface area contributed by atoms with Crippen LogP contribution in [0.15, 0.2) is 0 Å². The van der Waals surface area contributed by atoms with Gasteiger partial charge in [-0.25, -0.2) is 0 Å². The van der Waals surface area contributed by atoms with Gasteiger partial charge in [-0.05, 0) is 38.5 Å². The Balaban J connectivity index is 2.20. The minimum Gasteiger partial charge on any atom is -0.374 e. The van der Waals surface area contributed by atoms with E-state index >= 15 is 0 Å². The Kier molecular flexibility index (Phi) is 2.14. The lowest BCUT2D eigenvalue weighted by molar-refractivity contribution is 0.189. The lowest BCUT2D eigenvalue weighted by Crippen LogP contribution is -2.40. The van der Waals surface area contributed by atoms with Crippen molar-refractivity contribution in [3.63, 3.8) is 0 Å². The molecule has 3 atom stereocenters. The third kappa shape index (κ3) is 1.50. The molecule has 74 valence electrons. The molecule has 2 fully saturated rings. The summed E-state index contributed by atoms with van der Waals surface area (Å²) in [5.74, 6) is 2.33. The Bertz CT molecular complexity index is 234. The third-order valence-electron chi connectivity index (χ3n) is 3.82. The largest absolute Gasteiger partial charge is 0.374 e. The average molecular weight is 197 g/mol. The average Bonchev–Trinajstić information content (AvgIpc) is 2.22. The molecule has 1 nitrogen and oxygen atoms in total. The number of fused-ring (bicyclic) bond motifs is 1. The second-order valence-corrected chi connectivity index (χ2v) is 5.78. The molecule has 0 aromatic heterocycles. The van der Waals surface area contributed by atoms with Gasteiger partial charge in [0.15, 0.2) is 0 Å². The minimum atomic E-state index is 0.252. The molecule has 13 heavy (non-hydrogen) atoms. The zero-order chi connectivity index (χ0) is 9.64. The first-order chi connectivity index (χ1) is 6.00. The molecule has 0 aromatic rings. The number of hydrogen-bond donors (Lipinski definition) is 1. The van der Waals surface area contributed by atoms with Gasteiger partial charge in [-0.1, -0.05) is 25.6 Å². The van der Waals surface area contributed by atoms with Gasteiger partial charge >= 0.3 is 0 Å². The van der Waals surface area contributed by atoms with E-state index in [1.165, 1.54) is 19.3 Å². The summed E-state index contributed by atoms with van der Waals surface area (Å²) in [6.45, 7) is 6.93. The number of hydrogen-bond acceptors (Lipinski definition) is 1. The van der Waals surface area contributed by atoms with Crippen molar-refractivity contribution >= 4 is 17.2 Å². The van der Waals surface area contributed by atoms with Crippen LogP contribution in [0.25, 0.3) is 0 Å². The van der Waals surface area contributed by atoms with Gasteiger partial charge in [-0.3, -0.25) is 0 Å². The fraction of sp³-hybridized carbons (Fsp3) is 0.909. The van der Waals surface area contributed by atoms with Crippen LogP contribution in [0.1, 0.15) is 40.0 Å². The molecule has 0 amide bonds. The van der Waals surface area contributed by atoms with E-state index in [1.54, 1.807) is 0 Å². The molecular formula is C11H19NS. The summed E-state index contributed by atoms with van der Waals surface area (Å²) in [5, 5.41) is 3.49. The maximum Gasteiger partial charge on any atom is 0.0792 e. The van der Waals surface area contributed by atoms with E-state index in [0.717, 1.165) is 16.8 Å². The normalized spacial score (nSPS) is 42.7. The molecule has 1 N–H and O–H groups in total. The highest BCUT2D eigenvalue weighted by Gasteiger charge is 2.46. The summed E-state index contributed by atoms with van der Waals surface area (Å²) in [7, 11) is 0. The van der Waals surface area contributed by atoms with Gasteiger partial charge < -0.3 is 5.32 Å². The summed E-state index contributed by atoms with van der Waals surface area (Å²) < 4.78 is 0. The molecule has 1 saturated carbocycles. The van der Waals surface area contributed by atoms with Crippen molar-refractivity contribution in [1.82, 2.24) is 5.32 Å². The van der Waals surface area contributed by atoms with E-state index in [0.29, 0.717) is 5.92 Å². The fourth-order valence-corrected chi connectivity index (χ4v) is 3.56. The molecule has 1 aliphatic carbocycles. The highest BCUT2D eigenvalue weighted by molar-refractivity contribution is 7.80. The van der Waals surface area contributed by atoms with Gasteiger partial charge in [-0.2, -0.15) is 0 Å². The first-order valence-corrected chi connectivity index (χ1v) is 5.73. The number of rotatable bonds is 0. The third-order valence-corrected chi connectivity index (χ3v) is 4.23. The van der Waals surface area contributed by atoms with E-state index in [2.05, 4.69) is 26.1 Å². The van der Waals surface area contributed by atoms with Gasteiger partial charge in [0.25, 0.3) is 0 Å². The predicted octanol–water partition coefficient (Wildman–Crippen LogP) is 2.75. The smallest absolute Gasteiger partial charge is 0.0792 e. The second kappa shape index (κ2) is 2.94. The highest BCUT2D eigenvalue weighted by atomic mass is 32.1. The summed E-state index contributed by atoms with van der Waals surface area (Å²) >= 11 is 5.41. The van der Waals surface area contributed by atoms with Crippen LogP contribution in [0.2, 0.25) is 0 Å². The molecule has 2 aliphatic rings. The van der Waals surface area contributed by atoms with Gasteiger partial charge in [0.05, 0.1) is 4.99 Å². The van der Waals surface area contributed by atoms with Crippen LogP contribution < -0.4 is 5.32 Å². The molecule has 0 aromatic carbocycles. The highest BCUT2D eigenvalue weighted by Crippen LogP contribution is 2.44. The van der Waals surface area contributed by atoms with Crippen LogP contribution in [-0.2, 0) is 0 Å². The maximum atomic E-state index is 5.41. The SMILES string of the molecule is C[C@@H]1CC[C@H]2[C@H](C1)C(=S)NC2(C)C. The van der Waals surface area contributed by atoms with E-state index in [9.17, 15) is 0 Å². The molecule has 1 aliphatic heterocycles. The van der Waals surface area contributed by atoms with Gasteiger partial charge in [-0.15, -0.1) is 0 Å². The summed E-state index contributed by atoms with van der Waals surface area (Å²) in [4.78, 5) is 1.13. The van der Waals surface area contributed by atoms with Crippen molar-refractivity contribution in [2.75, 3.05) is 0 Å². The summed E-state index contributed by atoms with van der Waals surface area (Å²) in [6, 6.07) is 0. The zero-order valence-corrected chi connectivity index (χ0v) is 9.58. The molecule has 0 spiro atoms. The van der Waals surface area contributed by atoms with Crippen molar-refractivity contribution < 1.29 is 0 Å². The molecule has 0 radical (unpaired) electrons. The lowest BCUT2D eigenvalue weighted by atomic mass is 9.70. The molecule has 0 unspecified atom stereocenters. The Labute approximate surface area is 86.3 Å². The van der Waals surface area contributed by atoms with Crippen LogP contribution in [0.3, 0.4) is 0 Å². The zero-order valence-electron chi connectivity index (χ0n) is 8.76. The van der Waals surface area contributed by atoms with Crippen molar-refractivity contribution in [3.05, 3.63) is 0 Å². The maximum absolute atomic E-state index is 5.41. The van der Waals surface area contributed by atoms with Crippen molar-refractivity contribution in [2.24, 2.45) is 17.8 Å². The van der Waals surface area contributed by atoms with E-state index < -0.39 is 0 Å². The van der Waals surface area contributed by atoms with Gasteiger partial charge in [0.2, 0.25) is 0 Å². The van der Waals surface area contributed by atoms with Crippen LogP contribution in [0.5, 0.6) is 0 Å². The fourth-order valence-electron chi connectivity index (χ4n) is 3.04. The molecule has 1 saturated heterocycles. The van der Waals surface area contributed by atoms with E-state index in [4.69, 9.17) is 12.2 Å². The van der Waals surface area contributed by atoms with Crippen LogP contribution in [0, 0.1) is 17.8 Å². The van der Waals surface area contributed by atoms with Crippen LogP contribution in [-0.4, -0.2) is 10.5 Å². The van der Waals surface area contributed by atoms with Crippen LogP contribution in [0.4, 0.5) is 0 Å². The monoisotopic (exact) mass is 197 g/mol. The van der Waals surface area contributed by atoms with Gasteiger partial charge in [0, 0.05) is 11.5 Å². The Morgan fingerprint density at radius 1 is 1.38 bits per heavy atom. The number of nitrogens with one attached hydrogen (secondary N) is 1. The van der Waals surface area contributed by atoms with Crippen molar-refractivity contribution in [3.8, 4) is 0 Å². The quantitative estimate of drug-likeness (QED) is 0.599. The first kappa shape index (κ1) is 9.45. The second-order valence-electron chi connectivity index (χ2n) is 5.34. The van der Waals surface area contributed by atoms with Crippen molar-refractivity contribution in [1.29, 1.82) is 0 Å². The first-order valence-electron chi connectivity index (χ1n) is 5.33. The minimum absolute atomic E-state index is 0.252. The molecule has 2 rings (SSSR count). The molecule has 0 bridgehead atoms. The molecular weight excluding hydrogens is 178 g/mol. The van der Waals surface area contributed by atoms with Gasteiger partial charge in [0.1, 0.15) is 0 Å².